The molecule has 0 aliphatic carbocycles. The molecule has 0 heterocycles. The van der Waals surface area contributed by atoms with Crippen LogP contribution in [0.3, 0.4) is 0 Å². The molecule has 0 saturated heterocycles. The molecule has 606 valence electrons. The first-order chi connectivity index (χ1) is 49.3. The highest BCUT2D eigenvalue weighted by molar-refractivity contribution is 7.47. The van der Waals surface area contributed by atoms with Crippen LogP contribution in [0.5, 0.6) is 0 Å². The van der Waals surface area contributed by atoms with Crippen molar-refractivity contribution < 1.29 is 80.2 Å². The lowest BCUT2D eigenvalue weighted by molar-refractivity contribution is -0.161. The number of aliphatic hydroxyl groups is 1. The van der Waals surface area contributed by atoms with Crippen LogP contribution in [0.15, 0.2) is 0 Å². The van der Waals surface area contributed by atoms with E-state index < -0.39 is 97.5 Å². The number of rotatable bonds is 81. The number of unbranched alkanes of at least 4 members (excludes halogenated alkanes) is 48. The second kappa shape index (κ2) is 73.2. The molecule has 0 aromatic rings. The number of hydrogen-bond donors (Lipinski definition) is 3. The van der Waals surface area contributed by atoms with Gasteiger partial charge in [-0.05, 0) is 43.4 Å². The van der Waals surface area contributed by atoms with Gasteiger partial charge in [-0.2, -0.15) is 0 Å². The zero-order valence-electron chi connectivity index (χ0n) is 67.1. The number of carbonyl (C=O) groups is 4. The van der Waals surface area contributed by atoms with E-state index in [0.29, 0.717) is 25.7 Å². The van der Waals surface area contributed by atoms with Crippen LogP contribution < -0.4 is 0 Å². The normalized spacial score (nSPS) is 14.2. The van der Waals surface area contributed by atoms with E-state index in [4.69, 9.17) is 37.0 Å². The lowest BCUT2D eigenvalue weighted by atomic mass is 10.00. The SMILES string of the molecule is CCCCCCCCCCCCCCCCCCCCCC(=O)O[C@H](COC(=O)CCCCCCCCCCCCCCCCCC(C)C)COP(=O)(O)OC[C@@H](O)COP(=O)(O)OC[C@@H](COC(=O)CCCCCCCCC(C)CC)OC(=O)CCCCCCCCCCCCCCC(C)C. The number of phosphoric ester groups is 2. The number of phosphoric acid groups is 2. The molecule has 3 unspecified atom stereocenters. The van der Waals surface area contributed by atoms with E-state index >= 15 is 0 Å². The summed E-state index contributed by atoms with van der Waals surface area (Å²) < 4.78 is 68.8. The first-order valence-electron chi connectivity index (χ1n) is 42.9. The van der Waals surface area contributed by atoms with Crippen molar-refractivity contribution in [3.05, 3.63) is 0 Å². The van der Waals surface area contributed by atoms with E-state index in [0.717, 1.165) is 114 Å². The quantitative estimate of drug-likeness (QED) is 0.0222. The molecular formula is C83H162O17P2. The zero-order valence-corrected chi connectivity index (χ0v) is 68.9. The fraction of sp³-hybridized carbons (Fsp3) is 0.952. The standard InChI is InChI=1S/C83H162O17P2/c1-8-10-11-12-13-14-15-16-17-18-19-20-23-27-33-38-43-52-59-66-82(87)99-78(70-93-80(85)64-57-50-42-37-32-26-24-21-22-25-30-35-40-47-54-61-74(3)4)72-97-101(89,90)95-68-77(84)69-96-102(91,92)98-73-79(71-94-81(86)65-58-51-46-45-49-56-63-76(7)9-2)100-83(88)67-60-53-44-39-34-29-28-31-36-41-48-55-62-75(5)6/h74-79,84H,8-73H2,1-7H3,(H,89,90)(H,91,92)/t76?,77-,78-,79-/m1/s1. The summed E-state index contributed by atoms with van der Waals surface area (Å²) in [5.41, 5.74) is 0. The smallest absolute Gasteiger partial charge is 0.462 e. The number of ether oxygens (including phenoxy) is 4. The van der Waals surface area contributed by atoms with E-state index in [-0.39, 0.29) is 25.7 Å². The minimum atomic E-state index is -4.96. The summed E-state index contributed by atoms with van der Waals surface area (Å²) in [5.74, 6) is 0.204. The van der Waals surface area contributed by atoms with Crippen LogP contribution in [-0.4, -0.2) is 96.7 Å². The maximum atomic E-state index is 13.1. The molecule has 17 nitrogen and oxygen atoms in total. The topological polar surface area (TPSA) is 237 Å². The number of aliphatic hydroxyl groups excluding tert-OH is 1. The Kier molecular flexibility index (Phi) is 71.8. The van der Waals surface area contributed by atoms with Gasteiger partial charge in [0.25, 0.3) is 0 Å². The minimum Gasteiger partial charge on any atom is -0.462 e. The van der Waals surface area contributed by atoms with Crippen molar-refractivity contribution in [2.24, 2.45) is 17.8 Å². The third-order valence-electron chi connectivity index (χ3n) is 19.7. The van der Waals surface area contributed by atoms with Crippen molar-refractivity contribution >= 4 is 39.5 Å². The summed E-state index contributed by atoms with van der Waals surface area (Å²) in [6.45, 7) is 12.0. The Hall–Kier alpha value is -1.94. The number of hydrogen-bond acceptors (Lipinski definition) is 15. The first kappa shape index (κ1) is 100. The van der Waals surface area contributed by atoms with E-state index in [1.165, 1.54) is 238 Å². The van der Waals surface area contributed by atoms with Gasteiger partial charge in [-0.25, -0.2) is 9.13 Å². The van der Waals surface area contributed by atoms with Gasteiger partial charge in [0.05, 0.1) is 26.4 Å². The molecule has 102 heavy (non-hydrogen) atoms. The van der Waals surface area contributed by atoms with Crippen molar-refractivity contribution in [3.63, 3.8) is 0 Å². The molecule has 0 amide bonds. The molecule has 0 aliphatic heterocycles. The molecule has 0 aromatic heterocycles. The van der Waals surface area contributed by atoms with Gasteiger partial charge in [-0.3, -0.25) is 37.3 Å². The van der Waals surface area contributed by atoms with E-state index in [1.807, 2.05) is 0 Å². The molecule has 0 radical (unpaired) electrons. The van der Waals surface area contributed by atoms with Gasteiger partial charge < -0.3 is 33.8 Å². The van der Waals surface area contributed by atoms with Gasteiger partial charge in [0.15, 0.2) is 12.2 Å². The van der Waals surface area contributed by atoms with Crippen molar-refractivity contribution in [1.82, 2.24) is 0 Å². The largest absolute Gasteiger partial charge is 0.472 e. The van der Waals surface area contributed by atoms with Crippen molar-refractivity contribution in [2.75, 3.05) is 39.6 Å². The Morgan fingerprint density at radius 3 is 0.745 bits per heavy atom. The van der Waals surface area contributed by atoms with Crippen molar-refractivity contribution in [2.45, 2.75) is 452 Å². The maximum absolute atomic E-state index is 13.1. The van der Waals surface area contributed by atoms with Crippen LogP contribution in [0, 0.1) is 17.8 Å². The van der Waals surface area contributed by atoms with Crippen LogP contribution >= 0.6 is 15.6 Å². The monoisotopic (exact) mass is 1490 g/mol. The van der Waals surface area contributed by atoms with Gasteiger partial charge in [-0.15, -0.1) is 0 Å². The first-order valence-corrected chi connectivity index (χ1v) is 45.9. The molecule has 0 rings (SSSR count). The summed E-state index contributed by atoms with van der Waals surface area (Å²) in [6, 6.07) is 0. The average molecular weight is 1490 g/mol. The van der Waals surface area contributed by atoms with Gasteiger partial charge in [-0.1, -0.05) is 382 Å². The zero-order chi connectivity index (χ0) is 75.1. The fourth-order valence-electron chi connectivity index (χ4n) is 12.8. The Balaban J connectivity index is 5.24. The van der Waals surface area contributed by atoms with Crippen molar-refractivity contribution in [3.8, 4) is 0 Å². The van der Waals surface area contributed by atoms with E-state index in [2.05, 4.69) is 48.5 Å². The lowest BCUT2D eigenvalue weighted by Crippen LogP contribution is -2.30. The molecule has 0 aromatic carbocycles. The second-order valence-electron chi connectivity index (χ2n) is 31.1. The van der Waals surface area contributed by atoms with Crippen LogP contribution in [0.2, 0.25) is 0 Å². The second-order valence-corrected chi connectivity index (χ2v) is 34.0. The maximum Gasteiger partial charge on any atom is 0.472 e. The summed E-state index contributed by atoms with van der Waals surface area (Å²) >= 11 is 0. The molecular weight excluding hydrogens is 1330 g/mol. The van der Waals surface area contributed by atoms with E-state index in [1.54, 1.807) is 0 Å². The van der Waals surface area contributed by atoms with Crippen LogP contribution in [0.4, 0.5) is 0 Å². The Labute approximate surface area is 626 Å². The average Bonchev–Trinajstić information content (AvgIpc) is 0.941. The minimum absolute atomic E-state index is 0.106. The highest BCUT2D eigenvalue weighted by Gasteiger charge is 2.30. The molecule has 0 saturated carbocycles. The molecule has 19 heteroatoms. The number of esters is 4. The molecule has 3 N–H and O–H groups in total. The van der Waals surface area contributed by atoms with Crippen LogP contribution in [0.1, 0.15) is 434 Å². The summed E-state index contributed by atoms with van der Waals surface area (Å²) in [6.07, 6.45) is 62.5. The highest BCUT2D eigenvalue weighted by atomic mass is 31.2. The predicted octanol–water partition coefficient (Wildman–Crippen LogP) is 24.9. The molecule has 0 aliphatic rings. The van der Waals surface area contributed by atoms with Crippen LogP contribution in [0.25, 0.3) is 0 Å². The summed E-state index contributed by atoms with van der Waals surface area (Å²) in [5, 5.41) is 10.7. The van der Waals surface area contributed by atoms with Crippen molar-refractivity contribution in [1.29, 1.82) is 0 Å². The Morgan fingerprint density at radius 2 is 0.500 bits per heavy atom. The van der Waals surface area contributed by atoms with Gasteiger partial charge in [0.2, 0.25) is 0 Å². The predicted molar refractivity (Wildman–Crippen MR) is 418 cm³/mol. The Bertz CT molecular complexity index is 1980. The summed E-state index contributed by atoms with van der Waals surface area (Å²) in [7, 11) is -9.92. The third kappa shape index (κ3) is 74.9. The number of carbonyl (C=O) groups excluding carboxylic acids is 4. The highest BCUT2D eigenvalue weighted by Crippen LogP contribution is 2.45. The molecule has 6 atom stereocenters. The van der Waals surface area contributed by atoms with Gasteiger partial charge in [0, 0.05) is 25.7 Å². The van der Waals surface area contributed by atoms with E-state index in [9.17, 15) is 43.2 Å². The van der Waals surface area contributed by atoms with Gasteiger partial charge >= 0.3 is 39.5 Å². The van der Waals surface area contributed by atoms with Crippen LogP contribution in [-0.2, 0) is 65.4 Å². The third-order valence-corrected chi connectivity index (χ3v) is 21.6. The van der Waals surface area contributed by atoms with Gasteiger partial charge in [0.1, 0.15) is 19.3 Å². The summed E-state index contributed by atoms with van der Waals surface area (Å²) in [4.78, 5) is 73.1. The Morgan fingerprint density at radius 1 is 0.284 bits per heavy atom. The molecule has 0 spiro atoms. The lowest BCUT2D eigenvalue weighted by Gasteiger charge is -2.21. The fourth-order valence-corrected chi connectivity index (χ4v) is 14.4. The molecule has 0 bridgehead atoms. The molecule has 0 fully saturated rings.